The smallest absolute Gasteiger partial charge is 0.327 e. The number of piperidine rings is 1. The maximum Gasteiger partial charge on any atom is 0.327 e. The fraction of sp³-hybridized carbons (Fsp3) is 0.500. The van der Waals surface area contributed by atoms with Crippen LogP contribution >= 0.6 is 11.6 Å². The molecule has 1 aromatic rings. The molecule has 1 N–H and O–H groups in total. The second-order valence-electron chi connectivity index (χ2n) is 5.86. The average Bonchev–Trinajstić information content (AvgIpc) is 2.80. The number of nitrogens with zero attached hydrogens (tertiary/aromatic N) is 2. The van der Waals surface area contributed by atoms with Crippen LogP contribution in [0.3, 0.4) is 0 Å². The largest absolute Gasteiger partial charge is 0.491 e. The molecule has 3 rings (SSSR count). The fourth-order valence-electron chi connectivity index (χ4n) is 3.00. The van der Waals surface area contributed by atoms with Gasteiger partial charge in [0.25, 0.3) is 5.91 Å². The molecule has 124 valence electrons. The fourth-order valence-corrected chi connectivity index (χ4v) is 3.13. The van der Waals surface area contributed by atoms with E-state index in [0.29, 0.717) is 23.7 Å². The van der Waals surface area contributed by atoms with Gasteiger partial charge in [0, 0.05) is 11.6 Å². The Labute approximate surface area is 139 Å². The average molecular weight is 339 g/mol. The van der Waals surface area contributed by atoms with Crippen LogP contribution in [0.1, 0.15) is 19.3 Å². The number of benzene rings is 1. The molecular formula is C16H19ClN2O4. The SMILES string of the molecule is O=C1[C@H]2CCCCN2C(=O)N1C[C@@H](O)COc1ccc(Cl)cc1. The van der Waals surface area contributed by atoms with Crippen LogP contribution in [-0.4, -0.2) is 58.7 Å². The minimum absolute atomic E-state index is 0.00333. The zero-order valence-corrected chi connectivity index (χ0v) is 13.4. The number of hydrogen-bond donors (Lipinski definition) is 1. The van der Waals surface area contributed by atoms with E-state index in [2.05, 4.69) is 0 Å². The molecule has 0 aromatic heterocycles. The predicted octanol–water partition coefficient (Wildman–Crippen LogP) is 1.90. The third-order valence-corrected chi connectivity index (χ3v) is 4.43. The monoisotopic (exact) mass is 338 g/mol. The van der Waals surface area contributed by atoms with Gasteiger partial charge in [0.2, 0.25) is 0 Å². The van der Waals surface area contributed by atoms with Gasteiger partial charge in [-0.1, -0.05) is 11.6 Å². The summed E-state index contributed by atoms with van der Waals surface area (Å²) in [6.45, 7) is 0.574. The number of rotatable bonds is 5. The van der Waals surface area contributed by atoms with E-state index in [0.717, 1.165) is 17.7 Å². The number of halogens is 1. The van der Waals surface area contributed by atoms with Gasteiger partial charge < -0.3 is 14.7 Å². The van der Waals surface area contributed by atoms with Crippen LogP contribution < -0.4 is 4.74 Å². The summed E-state index contributed by atoms with van der Waals surface area (Å²) >= 11 is 5.79. The summed E-state index contributed by atoms with van der Waals surface area (Å²) in [5.41, 5.74) is 0. The van der Waals surface area contributed by atoms with Gasteiger partial charge in [0.15, 0.2) is 0 Å². The number of ether oxygens (including phenoxy) is 1. The van der Waals surface area contributed by atoms with Gasteiger partial charge in [-0.2, -0.15) is 0 Å². The first-order chi connectivity index (χ1) is 11.1. The summed E-state index contributed by atoms with van der Waals surface area (Å²) < 4.78 is 5.45. The highest BCUT2D eigenvalue weighted by atomic mass is 35.5. The molecule has 2 atom stereocenters. The highest BCUT2D eigenvalue weighted by Gasteiger charge is 2.46. The first kappa shape index (κ1) is 16.1. The normalized spacial score (nSPS) is 22.3. The lowest BCUT2D eigenvalue weighted by molar-refractivity contribution is -0.129. The Kier molecular flexibility index (Phi) is 4.73. The summed E-state index contributed by atoms with van der Waals surface area (Å²) in [7, 11) is 0. The standard InChI is InChI=1S/C16H19ClN2O4/c17-11-4-6-13(7-5-11)23-10-12(20)9-19-15(21)14-3-1-2-8-18(14)16(19)22/h4-7,12,14,20H,1-3,8-10H2/t12-,14-/m1/s1. The Hall–Kier alpha value is -1.79. The van der Waals surface area contributed by atoms with E-state index in [1.165, 1.54) is 0 Å². The van der Waals surface area contributed by atoms with E-state index in [1.807, 2.05) is 0 Å². The van der Waals surface area contributed by atoms with E-state index < -0.39 is 6.10 Å². The molecular weight excluding hydrogens is 320 g/mol. The van der Waals surface area contributed by atoms with Crippen molar-refractivity contribution in [2.45, 2.75) is 31.4 Å². The van der Waals surface area contributed by atoms with Gasteiger partial charge >= 0.3 is 6.03 Å². The Morgan fingerprint density at radius 2 is 2.00 bits per heavy atom. The molecule has 0 spiro atoms. The number of hydrogen-bond acceptors (Lipinski definition) is 4. The lowest BCUT2D eigenvalue weighted by atomic mass is 10.0. The lowest BCUT2D eigenvalue weighted by Crippen LogP contribution is -2.40. The number of carbonyl (C=O) groups excluding carboxylic acids is 2. The number of carbonyl (C=O) groups is 2. The molecule has 2 fully saturated rings. The van der Waals surface area contributed by atoms with Crippen molar-refractivity contribution in [2.75, 3.05) is 19.7 Å². The number of aliphatic hydroxyl groups is 1. The minimum atomic E-state index is -0.931. The van der Waals surface area contributed by atoms with Crippen molar-refractivity contribution in [1.29, 1.82) is 0 Å². The molecule has 0 unspecified atom stereocenters. The van der Waals surface area contributed by atoms with Crippen molar-refractivity contribution in [2.24, 2.45) is 0 Å². The molecule has 3 amide bonds. The molecule has 7 heteroatoms. The van der Waals surface area contributed by atoms with Crippen molar-refractivity contribution in [1.82, 2.24) is 9.80 Å². The second-order valence-corrected chi connectivity index (χ2v) is 6.29. The predicted molar refractivity (Wildman–Crippen MR) is 84.4 cm³/mol. The number of aliphatic hydroxyl groups excluding tert-OH is 1. The molecule has 2 aliphatic heterocycles. The maximum atomic E-state index is 12.3. The summed E-state index contributed by atoms with van der Waals surface area (Å²) in [6.07, 6.45) is 1.65. The van der Waals surface area contributed by atoms with Crippen molar-refractivity contribution < 1.29 is 19.4 Å². The van der Waals surface area contributed by atoms with Gasteiger partial charge in [-0.3, -0.25) is 9.69 Å². The Morgan fingerprint density at radius 1 is 1.26 bits per heavy atom. The number of fused-ring (bicyclic) bond motifs is 1. The number of urea groups is 1. The van der Waals surface area contributed by atoms with Crippen LogP contribution in [0.2, 0.25) is 5.02 Å². The summed E-state index contributed by atoms with van der Waals surface area (Å²) in [4.78, 5) is 27.3. The van der Waals surface area contributed by atoms with E-state index in [4.69, 9.17) is 16.3 Å². The van der Waals surface area contributed by atoms with E-state index in [9.17, 15) is 14.7 Å². The first-order valence-corrected chi connectivity index (χ1v) is 8.12. The lowest BCUT2D eigenvalue weighted by Gasteiger charge is -2.26. The zero-order valence-electron chi connectivity index (χ0n) is 12.7. The van der Waals surface area contributed by atoms with Crippen LogP contribution in [0, 0.1) is 0 Å². The van der Waals surface area contributed by atoms with Crippen molar-refractivity contribution in [3.63, 3.8) is 0 Å². The van der Waals surface area contributed by atoms with Crippen molar-refractivity contribution in [3.8, 4) is 5.75 Å². The Balaban J connectivity index is 1.55. The maximum absolute atomic E-state index is 12.3. The number of imide groups is 1. The van der Waals surface area contributed by atoms with E-state index in [1.54, 1.807) is 29.2 Å². The number of β-amino-alcohol motifs (C(OH)–C–C–N with tert-alkyl or cyclic N) is 1. The van der Waals surface area contributed by atoms with Crippen LogP contribution in [0.4, 0.5) is 4.79 Å². The molecule has 2 saturated heterocycles. The minimum Gasteiger partial charge on any atom is -0.491 e. The molecule has 6 nitrogen and oxygen atoms in total. The third-order valence-electron chi connectivity index (χ3n) is 4.18. The quantitative estimate of drug-likeness (QED) is 0.832. The topological polar surface area (TPSA) is 70.1 Å². The molecule has 2 heterocycles. The summed E-state index contributed by atoms with van der Waals surface area (Å²) in [6, 6.07) is 6.12. The molecule has 0 saturated carbocycles. The Morgan fingerprint density at radius 3 is 2.70 bits per heavy atom. The number of amides is 3. The summed E-state index contributed by atoms with van der Waals surface area (Å²) in [5.74, 6) is 0.366. The van der Waals surface area contributed by atoms with Gasteiger partial charge in [-0.15, -0.1) is 0 Å². The molecule has 0 aliphatic carbocycles. The van der Waals surface area contributed by atoms with Crippen molar-refractivity contribution in [3.05, 3.63) is 29.3 Å². The van der Waals surface area contributed by atoms with Gasteiger partial charge in [0.1, 0.15) is 24.5 Å². The highest BCUT2D eigenvalue weighted by molar-refractivity contribution is 6.30. The molecule has 2 aliphatic rings. The second kappa shape index (κ2) is 6.76. The van der Waals surface area contributed by atoms with Crippen LogP contribution in [0.25, 0.3) is 0 Å². The summed E-state index contributed by atoms with van der Waals surface area (Å²) in [5, 5.41) is 10.7. The van der Waals surface area contributed by atoms with E-state index in [-0.39, 0.29) is 31.1 Å². The van der Waals surface area contributed by atoms with Gasteiger partial charge in [-0.05, 0) is 43.5 Å². The molecule has 1 aromatic carbocycles. The molecule has 0 radical (unpaired) electrons. The van der Waals surface area contributed by atoms with Crippen molar-refractivity contribution >= 4 is 23.5 Å². The first-order valence-electron chi connectivity index (χ1n) is 7.74. The third kappa shape index (κ3) is 3.43. The highest BCUT2D eigenvalue weighted by Crippen LogP contribution is 2.26. The van der Waals surface area contributed by atoms with Gasteiger partial charge in [0.05, 0.1) is 6.54 Å². The van der Waals surface area contributed by atoms with Crippen LogP contribution in [0.5, 0.6) is 5.75 Å². The van der Waals surface area contributed by atoms with Gasteiger partial charge in [-0.25, -0.2) is 4.79 Å². The molecule has 23 heavy (non-hydrogen) atoms. The van der Waals surface area contributed by atoms with Crippen LogP contribution in [-0.2, 0) is 4.79 Å². The Bertz CT molecular complexity index is 568. The molecule has 0 bridgehead atoms. The van der Waals surface area contributed by atoms with E-state index >= 15 is 0 Å². The zero-order chi connectivity index (χ0) is 16.4. The van der Waals surface area contributed by atoms with Crippen LogP contribution in [0.15, 0.2) is 24.3 Å².